The summed E-state index contributed by atoms with van der Waals surface area (Å²) >= 11 is 4.36. The zero-order chi connectivity index (χ0) is 18.0. The van der Waals surface area contributed by atoms with Gasteiger partial charge in [-0.2, -0.15) is 4.68 Å². The Morgan fingerprint density at radius 1 is 1.28 bits per heavy atom. The highest BCUT2D eigenvalue weighted by Gasteiger charge is 2.20. The molecule has 25 heavy (non-hydrogen) atoms. The van der Waals surface area contributed by atoms with Gasteiger partial charge in [-0.3, -0.25) is 10.1 Å². The molecule has 3 aromatic rings. The number of nitro groups is 1. The molecular weight excluding hydrogens is 410 g/mol. The highest BCUT2D eigenvalue weighted by atomic mass is 79.9. The molecule has 0 aliphatic heterocycles. The molecule has 0 radical (unpaired) electrons. The van der Waals surface area contributed by atoms with Crippen LogP contribution >= 0.6 is 27.7 Å². The maximum absolute atomic E-state index is 11.3. The molecule has 1 heterocycles. The third-order valence-corrected chi connectivity index (χ3v) is 4.82. The largest absolute Gasteiger partial charge is 0.494 e. The monoisotopic (exact) mass is 421 g/mol. The summed E-state index contributed by atoms with van der Waals surface area (Å²) in [4.78, 5) is 11.3. The summed E-state index contributed by atoms with van der Waals surface area (Å²) in [6, 6.07) is 10.5. The van der Waals surface area contributed by atoms with Crippen molar-refractivity contribution in [2.24, 2.45) is 0 Å². The van der Waals surface area contributed by atoms with Gasteiger partial charge in [0.15, 0.2) is 0 Å². The minimum atomic E-state index is -0.436. The lowest BCUT2D eigenvalue weighted by Crippen LogP contribution is -2.02. The number of nitro benzene ring substituents is 1. The Hall–Kier alpha value is -2.46. The SMILES string of the molecule is COc1ccc(C)cc1-n1nnnc1Sc1ccc(Br)cc1[N+](=O)[O-]. The number of benzene rings is 2. The van der Waals surface area contributed by atoms with Gasteiger partial charge in [-0.05, 0) is 58.9 Å². The highest BCUT2D eigenvalue weighted by Crippen LogP contribution is 2.36. The average molecular weight is 422 g/mol. The molecule has 3 rings (SSSR count). The molecule has 1 aromatic heterocycles. The first kappa shape index (κ1) is 17.4. The molecule has 10 heteroatoms. The van der Waals surface area contributed by atoms with E-state index in [2.05, 4.69) is 31.5 Å². The normalized spacial score (nSPS) is 10.7. The van der Waals surface area contributed by atoms with Gasteiger partial charge in [0.2, 0.25) is 5.16 Å². The number of aromatic nitrogens is 4. The number of nitrogens with zero attached hydrogens (tertiary/aromatic N) is 5. The van der Waals surface area contributed by atoms with E-state index >= 15 is 0 Å². The van der Waals surface area contributed by atoms with Crippen LogP contribution in [0.5, 0.6) is 5.75 Å². The van der Waals surface area contributed by atoms with Crippen LogP contribution in [0.3, 0.4) is 0 Å². The molecule has 0 aliphatic carbocycles. The first-order valence-corrected chi connectivity index (χ1v) is 8.65. The summed E-state index contributed by atoms with van der Waals surface area (Å²) < 4.78 is 7.50. The van der Waals surface area contributed by atoms with Crippen molar-refractivity contribution >= 4 is 33.4 Å². The molecule has 0 unspecified atom stereocenters. The molecule has 0 saturated heterocycles. The van der Waals surface area contributed by atoms with E-state index in [9.17, 15) is 10.1 Å². The lowest BCUT2D eigenvalue weighted by atomic mass is 10.2. The van der Waals surface area contributed by atoms with Gasteiger partial charge >= 0.3 is 0 Å². The topological polar surface area (TPSA) is 96.0 Å². The van der Waals surface area contributed by atoms with Gasteiger partial charge in [-0.15, -0.1) is 5.10 Å². The van der Waals surface area contributed by atoms with Gasteiger partial charge in [0.1, 0.15) is 11.4 Å². The minimum absolute atomic E-state index is 0.0230. The quantitative estimate of drug-likeness (QED) is 0.456. The van der Waals surface area contributed by atoms with Gasteiger partial charge in [0.05, 0.1) is 16.9 Å². The van der Waals surface area contributed by atoms with Crippen molar-refractivity contribution in [3.63, 3.8) is 0 Å². The van der Waals surface area contributed by atoms with E-state index < -0.39 is 4.92 Å². The third kappa shape index (κ3) is 3.64. The Bertz CT molecular complexity index is 947. The predicted octanol–water partition coefficient (Wildman–Crippen LogP) is 3.80. The molecule has 128 valence electrons. The summed E-state index contributed by atoms with van der Waals surface area (Å²) in [6.07, 6.45) is 0. The van der Waals surface area contributed by atoms with Crippen molar-refractivity contribution in [3.8, 4) is 11.4 Å². The number of tetrazole rings is 1. The van der Waals surface area contributed by atoms with Gasteiger partial charge in [-0.1, -0.05) is 22.0 Å². The van der Waals surface area contributed by atoms with Crippen molar-refractivity contribution < 1.29 is 9.66 Å². The molecule has 0 fully saturated rings. The van der Waals surface area contributed by atoms with Crippen molar-refractivity contribution in [1.82, 2.24) is 20.2 Å². The molecule has 0 spiro atoms. The molecule has 0 aliphatic rings. The second kappa shape index (κ2) is 7.19. The molecule has 8 nitrogen and oxygen atoms in total. The van der Waals surface area contributed by atoms with Crippen LogP contribution in [-0.2, 0) is 0 Å². The Morgan fingerprint density at radius 3 is 2.80 bits per heavy atom. The second-order valence-electron chi connectivity index (χ2n) is 5.02. The summed E-state index contributed by atoms with van der Waals surface area (Å²) in [5, 5.41) is 23.4. The van der Waals surface area contributed by atoms with E-state index in [0.29, 0.717) is 26.0 Å². The van der Waals surface area contributed by atoms with Crippen LogP contribution in [0.15, 0.2) is 50.9 Å². The maximum atomic E-state index is 11.3. The number of methoxy groups -OCH3 is 1. The number of halogens is 1. The third-order valence-electron chi connectivity index (χ3n) is 3.32. The summed E-state index contributed by atoms with van der Waals surface area (Å²) in [6.45, 7) is 1.94. The summed E-state index contributed by atoms with van der Waals surface area (Å²) in [5.74, 6) is 0.602. The van der Waals surface area contributed by atoms with Crippen LogP contribution in [0.2, 0.25) is 0 Å². The first-order valence-electron chi connectivity index (χ1n) is 7.05. The van der Waals surface area contributed by atoms with E-state index in [1.807, 2.05) is 25.1 Å². The zero-order valence-electron chi connectivity index (χ0n) is 13.2. The van der Waals surface area contributed by atoms with Crippen molar-refractivity contribution in [2.45, 2.75) is 17.0 Å². The fourth-order valence-corrected chi connectivity index (χ4v) is 3.40. The zero-order valence-corrected chi connectivity index (χ0v) is 15.6. The lowest BCUT2D eigenvalue weighted by Gasteiger charge is -2.10. The Morgan fingerprint density at radius 2 is 2.08 bits per heavy atom. The van der Waals surface area contributed by atoms with E-state index in [-0.39, 0.29) is 5.69 Å². The van der Waals surface area contributed by atoms with Crippen LogP contribution in [0.4, 0.5) is 5.69 Å². The van der Waals surface area contributed by atoms with Crippen molar-refractivity contribution in [3.05, 3.63) is 56.5 Å². The number of hydrogen-bond acceptors (Lipinski definition) is 7. The van der Waals surface area contributed by atoms with Gasteiger partial charge in [0.25, 0.3) is 5.69 Å². The molecule has 0 amide bonds. The number of ether oxygens (including phenoxy) is 1. The molecular formula is C15H12BrN5O3S. The maximum Gasteiger partial charge on any atom is 0.284 e. The molecule has 0 N–H and O–H groups in total. The van der Waals surface area contributed by atoms with E-state index in [4.69, 9.17) is 4.74 Å². The first-order chi connectivity index (χ1) is 12.0. The molecule has 0 saturated carbocycles. The Labute approximate surface area is 155 Å². The van der Waals surface area contributed by atoms with E-state index in [1.165, 1.54) is 10.7 Å². The van der Waals surface area contributed by atoms with Gasteiger partial charge in [0, 0.05) is 10.5 Å². The van der Waals surface area contributed by atoms with Gasteiger partial charge in [-0.25, -0.2) is 0 Å². The van der Waals surface area contributed by atoms with Crippen molar-refractivity contribution in [1.29, 1.82) is 0 Å². The number of hydrogen-bond donors (Lipinski definition) is 0. The minimum Gasteiger partial charge on any atom is -0.494 e. The van der Waals surface area contributed by atoms with Crippen LogP contribution in [0.1, 0.15) is 5.56 Å². The van der Waals surface area contributed by atoms with Gasteiger partial charge < -0.3 is 4.74 Å². The highest BCUT2D eigenvalue weighted by molar-refractivity contribution is 9.10. The van der Waals surface area contributed by atoms with Crippen LogP contribution in [0, 0.1) is 17.0 Å². The predicted molar refractivity (Wildman–Crippen MR) is 95.4 cm³/mol. The number of rotatable bonds is 5. The molecule has 0 bridgehead atoms. The molecule has 2 aromatic carbocycles. The standard InChI is InChI=1S/C15H12BrN5O3S/c1-9-3-5-13(24-2)11(7-9)20-15(17-18-19-20)25-14-6-4-10(16)8-12(14)21(22)23/h3-8H,1-2H3. The molecule has 0 atom stereocenters. The lowest BCUT2D eigenvalue weighted by molar-refractivity contribution is -0.387. The van der Waals surface area contributed by atoms with Crippen molar-refractivity contribution in [2.75, 3.05) is 7.11 Å². The number of aryl methyl sites for hydroxylation is 1. The summed E-state index contributed by atoms with van der Waals surface area (Å²) in [5.41, 5.74) is 1.65. The van der Waals surface area contributed by atoms with Crippen LogP contribution < -0.4 is 4.74 Å². The van der Waals surface area contributed by atoms with Crippen LogP contribution in [0.25, 0.3) is 5.69 Å². The van der Waals surface area contributed by atoms with E-state index in [0.717, 1.165) is 17.3 Å². The Balaban J connectivity index is 2.05. The Kier molecular flexibility index (Phi) is 5.00. The van der Waals surface area contributed by atoms with E-state index in [1.54, 1.807) is 19.2 Å². The van der Waals surface area contributed by atoms with Crippen LogP contribution in [-0.4, -0.2) is 32.2 Å². The summed E-state index contributed by atoms with van der Waals surface area (Å²) in [7, 11) is 1.56. The fraction of sp³-hybridized carbons (Fsp3) is 0.133. The fourth-order valence-electron chi connectivity index (χ4n) is 2.18. The smallest absolute Gasteiger partial charge is 0.284 e. The second-order valence-corrected chi connectivity index (χ2v) is 6.94. The average Bonchev–Trinajstić information content (AvgIpc) is 3.04.